The number of nitrogens with one attached hydrogen (secondary N) is 1. The number of aryl methyl sites for hydroxylation is 1. The van der Waals surface area contributed by atoms with Crippen LogP contribution in [0, 0.1) is 0 Å². The number of aliphatic imine (C=N–C) groups is 2. The number of nitrogens with zero attached hydrogens (tertiary/aromatic N) is 7. The molecule has 21 heavy (non-hydrogen) atoms. The number of rotatable bonds is 2. The molecule has 2 aromatic heterocycles. The number of anilines is 1. The van der Waals surface area contributed by atoms with E-state index >= 15 is 0 Å². The molecule has 2 aromatic rings. The Bertz CT molecular complexity index is 741. The van der Waals surface area contributed by atoms with Crippen molar-refractivity contribution in [3.05, 3.63) is 35.9 Å². The zero-order chi connectivity index (χ0) is 14.2. The summed E-state index contributed by atoms with van der Waals surface area (Å²) in [4.78, 5) is 11.1. The molecule has 0 saturated carbocycles. The Hall–Kier alpha value is -2.55. The van der Waals surface area contributed by atoms with Crippen molar-refractivity contribution in [3.8, 4) is 0 Å². The van der Waals surface area contributed by atoms with Crippen molar-refractivity contribution in [2.75, 3.05) is 11.9 Å². The van der Waals surface area contributed by atoms with Crippen molar-refractivity contribution < 1.29 is 0 Å². The van der Waals surface area contributed by atoms with Crippen molar-refractivity contribution in [1.29, 1.82) is 0 Å². The van der Waals surface area contributed by atoms with E-state index in [0.717, 1.165) is 11.4 Å². The highest BCUT2D eigenvalue weighted by atomic mass is 32.1. The molecule has 1 N–H and O–H groups in total. The van der Waals surface area contributed by atoms with Gasteiger partial charge in [-0.3, -0.25) is 9.67 Å². The summed E-state index contributed by atoms with van der Waals surface area (Å²) in [5, 5.41) is 15.9. The molecule has 4 heterocycles. The van der Waals surface area contributed by atoms with Gasteiger partial charge in [0.1, 0.15) is 5.51 Å². The van der Waals surface area contributed by atoms with Gasteiger partial charge in [-0.1, -0.05) is 11.3 Å². The fourth-order valence-electron chi connectivity index (χ4n) is 2.39. The van der Waals surface area contributed by atoms with Crippen LogP contribution in [0.25, 0.3) is 0 Å². The maximum atomic E-state index is 4.60. The molecule has 0 amide bonds. The summed E-state index contributed by atoms with van der Waals surface area (Å²) in [5.74, 6) is 1.52. The van der Waals surface area contributed by atoms with Gasteiger partial charge in [0, 0.05) is 31.2 Å². The molecule has 8 nitrogen and oxygen atoms in total. The topological polar surface area (TPSA) is 83.6 Å². The second-order valence-corrected chi connectivity index (χ2v) is 5.51. The van der Waals surface area contributed by atoms with Gasteiger partial charge in [0.25, 0.3) is 0 Å². The number of hydrogen-bond donors (Lipinski definition) is 1. The third-order valence-corrected chi connectivity index (χ3v) is 3.94. The van der Waals surface area contributed by atoms with Crippen LogP contribution in [0.5, 0.6) is 0 Å². The monoisotopic (exact) mass is 300 g/mol. The highest BCUT2D eigenvalue weighted by Gasteiger charge is 2.32. The van der Waals surface area contributed by atoms with E-state index in [1.165, 1.54) is 11.3 Å². The number of hydrogen-bond acceptors (Lipinski definition) is 8. The minimum Gasteiger partial charge on any atom is -0.319 e. The molecular weight excluding hydrogens is 288 g/mol. The second kappa shape index (κ2) is 4.77. The summed E-state index contributed by atoms with van der Waals surface area (Å²) >= 11 is 1.43. The number of amidine groups is 2. The normalized spacial score (nSPS) is 20.2. The Morgan fingerprint density at radius 1 is 1.43 bits per heavy atom. The van der Waals surface area contributed by atoms with Crippen LogP contribution in [0.3, 0.4) is 0 Å². The van der Waals surface area contributed by atoms with Crippen LogP contribution < -0.4 is 5.32 Å². The zero-order valence-corrected chi connectivity index (χ0v) is 12.0. The van der Waals surface area contributed by atoms with Crippen molar-refractivity contribution in [2.24, 2.45) is 17.0 Å². The van der Waals surface area contributed by atoms with E-state index in [0.29, 0.717) is 17.5 Å². The van der Waals surface area contributed by atoms with E-state index < -0.39 is 0 Å². The lowest BCUT2D eigenvalue weighted by Crippen LogP contribution is -2.37. The van der Waals surface area contributed by atoms with Gasteiger partial charge in [-0.15, -0.1) is 10.2 Å². The molecule has 0 bridgehead atoms. The molecule has 0 spiro atoms. The first-order chi connectivity index (χ1) is 10.3. The lowest BCUT2D eigenvalue weighted by atomic mass is 10.1. The van der Waals surface area contributed by atoms with E-state index in [2.05, 4.69) is 35.5 Å². The molecule has 106 valence electrons. The largest absolute Gasteiger partial charge is 0.319 e. The first-order valence-electron chi connectivity index (χ1n) is 6.40. The Morgan fingerprint density at radius 2 is 2.38 bits per heavy atom. The Labute approximate surface area is 124 Å². The molecule has 0 fully saturated rings. The van der Waals surface area contributed by atoms with Gasteiger partial charge in [-0.05, 0) is 0 Å². The van der Waals surface area contributed by atoms with Gasteiger partial charge in [0.15, 0.2) is 11.7 Å². The number of aromatic nitrogens is 4. The standard InChI is InChI=1S/C12H12N8S/c1-19-6-8(4-16-19)9-5-14-11-10(13-2-3-20(9)11)17-12-18-15-7-21-12/h2-4,6-7,9H,5H2,1H3,(H,13,17,18). The van der Waals surface area contributed by atoms with Crippen molar-refractivity contribution in [1.82, 2.24) is 24.9 Å². The van der Waals surface area contributed by atoms with Crippen molar-refractivity contribution in [3.63, 3.8) is 0 Å². The van der Waals surface area contributed by atoms with Gasteiger partial charge in [-0.25, -0.2) is 4.99 Å². The predicted octanol–water partition coefficient (Wildman–Crippen LogP) is 1.02. The molecule has 0 aliphatic carbocycles. The highest BCUT2D eigenvalue weighted by Crippen LogP contribution is 2.28. The summed E-state index contributed by atoms with van der Waals surface area (Å²) in [5.41, 5.74) is 2.81. The van der Waals surface area contributed by atoms with Crippen molar-refractivity contribution >= 4 is 28.1 Å². The van der Waals surface area contributed by atoms with E-state index in [9.17, 15) is 0 Å². The first-order valence-corrected chi connectivity index (χ1v) is 7.28. The summed E-state index contributed by atoms with van der Waals surface area (Å²) in [6.45, 7) is 0.683. The Morgan fingerprint density at radius 3 is 3.14 bits per heavy atom. The maximum absolute atomic E-state index is 4.60. The third kappa shape index (κ3) is 2.11. The Balaban J connectivity index is 1.59. The van der Waals surface area contributed by atoms with E-state index in [-0.39, 0.29) is 6.04 Å². The van der Waals surface area contributed by atoms with Gasteiger partial charge in [0.05, 0.1) is 18.8 Å². The van der Waals surface area contributed by atoms with E-state index in [1.54, 1.807) is 16.4 Å². The molecule has 9 heteroatoms. The quantitative estimate of drug-likeness (QED) is 0.895. The maximum Gasteiger partial charge on any atom is 0.211 e. The summed E-state index contributed by atoms with van der Waals surface area (Å²) < 4.78 is 1.80. The lowest BCUT2D eigenvalue weighted by Gasteiger charge is -2.25. The minimum atomic E-state index is 0.159. The Kier molecular flexibility index (Phi) is 2.78. The lowest BCUT2D eigenvalue weighted by molar-refractivity contribution is 0.458. The van der Waals surface area contributed by atoms with E-state index in [1.807, 2.05) is 25.6 Å². The fraction of sp³-hybridized carbons (Fsp3) is 0.250. The summed E-state index contributed by atoms with van der Waals surface area (Å²) in [6, 6.07) is 0.159. The van der Waals surface area contributed by atoms with Crippen LogP contribution in [0.1, 0.15) is 11.6 Å². The fourth-order valence-corrected chi connectivity index (χ4v) is 2.84. The van der Waals surface area contributed by atoms with Gasteiger partial charge in [0.2, 0.25) is 5.13 Å². The third-order valence-electron chi connectivity index (χ3n) is 3.33. The van der Waals surface area contributed by atoms with Crippen LogP contribution in [-0.4, -0.2) is 43.1 Å². The number of fused-ring (bicyclic) bond motifs is 1. The molecule has 2 aliphatic heterocycles. The summed E-state index contributed by atoms with van der Waals surface area (Å²) in [6.07, 6.45) is 7.59. The summed E-state index contributed by atoms with van der Waals surface area (Å²) in [7, 11) is 1.91. The second-order valence-electron chi connectivity index (χ2n) is 4.68. The SMILES string of the molecule is Cn1cc(C2CN=C3C(Nc4nncs4)=NC=CN32)cn1. The first kappa shape index (κ1) is 12.2. The van der Waals surface area contributed by atoms with Crippen LogP contribution in [0.2, 0.25) is 0 Å². The molecule has 0 aromatic carbocycles. The average Bonchev–Trinajstić information content (AvgIpc) is 3.18. The van der Waals surface area contributed by atoms with Crippen LogP contribution in [0.4, 0.5) is 5.13 Å². The molecule has 0 saturated heterocycles. The van der Waals surface area contributed by atoms with Crippen LogP contribution in [-0.2, 0) is 7.05 Å². The van der Waals surface area contributed by atoms with Crippen molar-refractivity contribution in [2.45, 2.75) is 6.04 Å². The molecule has 0 radical (unpaired) electrons. The molecular formula is C12H12N8S. The molecule has 2 aliphatic rings. The minimum absolute atomic E-state index is 0.159. The van der Waals surface area contributed by atoms with E-state index in [4.69, 9.17) is 0 Å². The van der Waals surface area contributed by atoms with Crippen LogP contribution in [0.15, 0.2) is 40.3 Å². The van der Waals surface area contributed by atoms with Crippen LogP contribution >= 0.6 is 11.3 Å². The molecule has 4 rings (SSSR count). The highest BCUT2D eigenvalue weighted by molar-refractivity contribution is 7.13. The smallest absolute Gasteiger partial charge is 0.211 e. The predicted molar refractivity (Wildman–Crippen MR) is 80.2 cm³/mol. The molecule has 1 atom stereocenters. The van der Waals surface area contributed by atoms with Gasteiger partial charge >= 0.3 is 0 Å². The average molecular weight is 300 g/mol. The van der Waals surface area contributed by atoms with Gasteiger partial charge in [-0.2, -0.15) is 5.10 Å². The van der Waals surface area contributed by atoms with Gasteiger partial charge < -0.3 is 10.2 Å². The molecule has 1 unspecified atom stereocenters. The zero-order valence-electron chi connectivity index (χ0n) is 11.2.